The number of carboxylic acids is 1. The number of halogens is 3. The summed E-state index contributed by atoms with van der Waals surface area (Å²) < 4.78 is 40.1. The Morgan fingerprint density at radius 3 is 2.29 bits per heavy atom. The first kappa shape index (κ1) is 48.3. The van der Waals surface area contributed by atoms with E-state index in [1.807, 2.05) is 19.9 Å². The number of carbonyl (C=O) groups excluding carboxylic acids is 1. The van der Waals surface area contributed by atoms with Crippen LogP contribution in [-0.4, -0.2) is 84.9 Å². The normalized spacial score (nSPS) is 16.2. The molecule has 2 aliphatic rings. The third kappa shape index (κ3) is 21.8. The molecule has 0 radical (unpaired) electrons. The third-order valence-corrected chi connectivity index (χ3v) is 7.17. The van der Waals surface area contributed by atoms with Crippen molar-refractivity contribution in [1.29, 1.82) is 0 Å². The molecular formula is C40H57F3N4O4. The van der Waals surface area contributed by atoms with Crippen LogP contribution in [0.15, 0.2) is 103 Å². The number of alkyl halides is 2. The highest BCUT2D eigenvalue weighted by molar-refractivity contribution is 5.89. The van der Waals surface area contributed by atoms with Crippen LogP contribution in [0.1, 0.15) is 57.6 Å². The first-order valence-corrected chi connectivity index (χ1v) is 16.6. The van der Waals surface area contributed by atoms with E-state index in [1.54, 1.807) is 48.5 Å². The number of hydrogen-bond donors (Lipinski definition) is 2. The average Bonchev–Trinajstić information content (AvgIpc) is 3.44. The van der Waals surface area contributed by atoms with E-state index in [4.69, 9.17) is 4.74 Å². The molecule has 1 spiro atoms. The predicted octanol–water partition coefficient (Wildman–Crippen LogP) is 8.83. The van der Waals surface area contributed by atoms with Gasteiger partial charge >= 0.3 is 12.1 Å². The van der Waals surface area contributed by atoms with Gasteiger partial charge in [0.1, 0.15) is 18.1 Å². The number of nitrogens with one attached hydrogen (secondary N) is 1. The number of ether oxygens (including phenoxy) is 1. The zero-order valence-electron chi connectivity index (χ0n) is 31.1. The quantitative estimate of drug-likeness (QED) is 0.0530. The monoisotopic (exact) mass is 714 g/mol. The fourth-order valence-corrected chi connectivity index (χ4v) is 4.75. The van der Waals surface area contributed by atoms with Gasteiger partial charge in [0.15, 0.2) is 0 Å². The van der Waals surface area contributed by atoms with Crippen molar-refractivity contribution in [2.24, 2.45) is 5.10 Å². The van der Waals surface area contributed by atoms with Crippen molar-refractivity contribution in [1.82, 2.24) is 15.2 Å². The van der Waals surface area contributed by atoms with E-state index in [2.05, 4.69) is 79.0 Å². The molecule has 2 aliphatic heterocycles. The van der Waals surface area contributed by atoms with E-state index in [1.165, 1.54) is 17.2 Å². The molecule has 1 unspecified atom stereocenters. The predicted molar refractivity (Wildman–Crippen MR) is 205 cm³/mol. The van der Waals surface area contributed by atoms with E-state index >= 15 is 0 Å². The van der Waals surface area contributed by atoms with Crippen LogP contribution in [-0.2, 0) is 9.53 Å². The van der Waals surface area contributed by atoms with Gasteiger partial charge in [-0.15, -0.1) is 25.5 Å². The van der Waals surface area contributed by atoms with Gasteiger partial charge in [-0.2, -0.15) is 5.10 Å². The largest absolute Gasteiger partial charge is 0.478 e. The number of carbonyl (C=O) groups is 2. The fourth-order valence-electron chi connectivity index (χ4n) is 4.75. The Morgan fingerprint density at radius 1 is 1.18 bits per heavy atom. The maximum absolute atomic E-state index is 12.9. The van der Waals surface area contributed by atoms with Crippen molar-refractivity contribution < 1.29 is 32.6 Å². The second kappa shape index (κ2) is 30.0. The summed E-state index contributed by atoms with van der Waals surface area (Å²) in [6, 6.07) is 8.18. The minimum atomic E-state index is -0.989. The molecule has 0 bridgehead atoms. The Bertz CT molecular complexity index is 1340. The summed E-state index contributed by atoms with van der Waals surface area (Å²) in [7, 11) is 0.500. The molecule has 1 aromatic carbocycles. The Labute approximate surface area is 303 Å². The number of piperidine rings is 1. The summed E-state index contributed by atoms with van der Waals surface area (Å²) in [4.78, 5) is 27.7. The van der Waals surface area contributed by atoms with Gasteiger partial charge in [0.2, 0.25) is 0 Å². The Balaban J connectivity index is 0. The summed E-state index contributed by atoms with van der Waals surface area (Å²) >= 11 is 0. The number of nitrogens with zero attached hydrogens (tertiary/aromatic N) is 3. The van der Waals surface area contributed by atoms with E-state index in [9.17, 15) is 27.9 Å². The number of carboxylic acid groups (broad SMARTS) is 1. The minimum Gasteiger partial charge on any atom is -0.478 e. The van der Waals surface area contributed by atoms with Crippen LogP contribution in [0.2, 0.25) is 0 Å². The number of aryl methyl sites for hydroxylation is 2. The number of rotatable bonds is 13. The summed E-state index contributed by atoms with van der Waals surface area (Å²) in [6.07, 6.45) is 20.5. The summed E-state index contributed by atoms with van der Waals surface area (Å²) in [5.41, 5.74) is 5.16. The van der Waals surface area contributed by atoms with Crippen LogP contribution in [0.3, 0.4) is 0 Å². The van der Waals surface area contributed by atoms with Crippen LogP contribution in [0.4, 0.5) is 18.0 Å². The number of benzene rings is 1. The lowest BCUT2D eigenvalue weighted by atomic mass is 9.91. The number of allylic oxidation sites excluding steroid dienone is 5. The lowest BCUT2D eigenvalue weighted by molar-refractivity contribution is -0.132. The van der Waals surface area contributed by atoms with Gasteiger partial charge in [-0.25, -0.2) is 18.4 Å². The molecule has 3 rings (SSSR count). The van der Waals surface area contributed by atoms with Crippen LogP contribution >= 0.6 is 0 Å². The van der Waals surface area contributed by atoms with Crippen molar-refractivity contribution in [3.05, 3.63) is 109 Å². The van der Waals surface area contributed by atoms with Crippen LogP contribution < -0.4 is 5.43 Å². The van der Waals surface area contributed by atoms with E-state index in [-0.39, 0.29) is 17.7 Å². The zero-order chi connectivity index (χ0) is 39.1. The second-order valence-electron chi connectivity index (χ2n) is 11.1. The molecule has 0 aromatic heterocycles. The lowest BCUT2D eigenvalue weighted by Gasteiger charge is -2.37. The van der Waals surface area contributed by atoms with Crippen molar-refractivity contribution in [2.45, 2.75) is 71.9 Å². The number of aliphatic carboxylic acids is 1. The molecule has 11 heteroatoms. The molecule has 1 atom stereocenters. The molecule has 1 amide bonds. The molecule has 282 valence electrons. The third-order valence-electron chi connectivity index (χ3n) is 7.17. The Kier molecular flexibility index (Phi) is 28.4. The molecule has 2 fully saturated rings. The van der Waals surface area contributed by atoms with Gasteiger partial charge in [0, 0.05) is 51.3 Å². The van der Waals surface area contributed by atoms with Gasteiger partial charge in [-0.3, -0.25) is 19.6 Å². The number of amides is 1. The van der Waals surface area contributed by atoms with Gasteiger partial charge in [0.05, 0.1) is 25.3 Å². The Morgan fingerprint density at radius 2 is 1.78 bits per heavy atom. The first-order valence-electron chi connectivity index (χ1n) is 16.6. The van der Waals surface area contributed by atoms with E-state index in [0.717, 1.165) is 38.6 Å². The molecule has 2 saturated heterocycles. The van der Waals surface area contributed by atoms with Crippen molar-refractivity contribution in [3.63, 3.8) is 0 Å². The molecule has 1 aromatic rings. The van der Waals surface area contributed by atoms with Crippen molar-refractivity contribution >= 4 is 18.3 Å². The molecule has 0 saturated carbocycles. The maximum atomic E-state index is 12.9. The first-order chi connectivity index (χ1) is 24.5. The smallest absolute Gasteiger partial charge is 0.411 e. The molecule has 2 N–H and O–H groups in total. The fraction of sp³-hybridized carbons (Fsp3) is 0.425. The average molecular weight is 715 g/mol. The number of hydrogen-bond acceptors (Lipinski definition) is 6. The Hall–Kier alpha value is -4.82. The van der Waals surface area contributed by atoms with Crippen LogP contribution in [0, 0.1) is 26.2 Å². The van der Waals surface area contributed by atoms with Crippen LogP contribution in [0.25, 0.3) is 0 Å². The molecule has 2 heterocycles. The molecule has 51 heavy (non-hydrogen) atoms. The summed E-state index contributed by atoms with van der Waals surface area (Å²) in [5.74, 6) is 0.653. The SMILES string of the molecule is C#CC.C=C.CC/C=C(\C=C/C(C)N1CC2(CCN(C/C=C/N/N=C/C/C=C\C(F)=C/CF)CC2)OC1=O)C(=O)O.CF.Cc1cccc(C)c1. The zero-order valence-corrected chi connectivity index (χ0v) is 31.1. The highest BCUT2D eigenvalue weighted by atomic mass is 19.1. The van der Waals surface area contributed by atoms with Crippen molar-refractivity contribution in [3.8, 4) is 12.3 Å². The minimum absolute atomic E-state index is 0.211. The summed E-state index contributed by atoms with van der Waals surface area (Å²) in [5, 5.41) is 13.2. The number of hydrazone groups is 1. The number of terminal acetylenes is 1. The molecule has 0 aliphatic carbocycles. The van der Waals surface area contributed by atoms with Crippen LogP contribution in [0.5, 0.6) is 0 Å². The van der Waals surface area contributed by atoms with E-state index < -0.39 is 24.1 Å². The lowest BCUT2D eigenvalue weighted by Crippen LogP contribution is -2.47. The highest BCUT2D eigenvalue weighted by Gasteiger charge is 2.47. The van der Waals surface area contributed by atoms with Gasteiger partial charge in [0.25, 0.3) is 0 Å². The van der Waals surface area contributed by atoms with Crippen molar-refractivity contribution in [2.75, 3.05) is 40.0 Å². The second-order valence-corrected chi connectivity index (χ2v) is 11.1. The van der Waals surface area contributed by atoms with E-state index in [0.29, 0.717) is 26.6 Å². The number of likely N-dealkylation sites (tertiary alicyclic amines) is 1. The van der Waals surface area contributed by atoms with Gasteiger partial charge < -0.3 is 9.84 Å². The highest BCUT2D eigenvalue weighted by Crippen LogP contribution is 2.34. The van der Waals surface area contributed by atoms with Gasteiger partial charge in [-0.05, 0) is 52.3 Å². The standard InChI is InChI=1S/C26H36F2N4O4.C8H10.C3H4.C2H4.CH3F/c1-3-7-22(24(33)34)10-9-21(2)32-20-26(36-25(32)35)12-18-31(19-13-26)17-6-16-30-29-15-5-4-8-23(28)11-14-27;1-7-4-3-5-8(2)6-7;1-3-2;2*1-2/h4,6-11,15-16,21,30H,3,5,12-14,17-20H2,1-2H3,(H,33,34);3-6H,1-2H3;1H,2H3;1-2H2;1H3/b8-4-,10-9-,16-6+,22-7+,23-11+,29-15+;;;;. The molecule has 8 nitrogen and oxygen atoms in total. The molecular weight excluding hydrogens is 657 g/mol. The van der Waals surface area contributed by atoms with Gasteiger partial charge in [-0.1, -0.05) is 66.6 Å². The maximum Gasteiger partial charge on any atom is 0.411 e. The topological polar surface area (TPSA) is 94.5 Å². The summed E-state index contributed by atoms with van der Waals surface area (Å²) in [6.45, 7) is 17.5.